The summed E-state index contributed by atoms with van der Waals surface area (Å²) in [6.07, 6.45) is 0. The van der Waals surface area contributed by atoms with Crippen molar-refractivity contribution in [2.45, 2.75) is 155 Å². The lowest BCUT2D eigenvalue weighted by atomic mass is 10.2. The Hall–Kier alpha value is 1.13. The van der Waals surface area contributed by atoms with Gasteiger partial charge in [0.05, 0.1) is 0 Å². The van der Waals surface area contributed by atoms with E-state index in [1.165, 1.54) is 0 Å². The van der Waals surface area contributed by atoms with Crippen molar-refractivity contribution in [3.8, 4) is 0 Å². The first-order valence-electron chi connectivity index (χ1n) is 11.2. The van der Waals surface area contributed by atoms with Crippen LogP contribution in [0.2, 0.25) is 30.2 Å². The Bertz CT molecular complexity index is 415. The number of hydrogen-bond acceptors (Lipinski definition) is 0. The Kier molecular flexibility index (Phi) is 7.93. The summed E-state index contributed by atoms with van der Waals surface area (Å²) in [5, 5.41) is 2.01. The van der Waals surface area contributed by atoms with E-state index in [0.29, 0.717) is 30.2 Å². The topological polar surface area (TPSA) is 0 Å². The Labute approximate surface area is 191 Å². The molecular formula is C24H54BrSi3-. The maximum absolute atomic E-state index is 4.77. The molecule has 28 heavy (non-hydrogen) atoms. The van der Waals surface area contributed by atoms with Crippen LogP contribution < -0.4 is 0 Å². The molecule has 0 bridgehead atoms. The highest BCUT2D eigenvalue weighted by Crippen LogP contribution is 2.72. The zero-order valence-electron chi connectivity index (χ0n) is 22.9. The fourth-order valence-electron chi connectivity index (χ4n) is 9.01. The monoisotopic (exact) mass is 505 g/mol. The van der Waals surface area contributed by atoms with Crippen molar-refractivity contribution in [3.63, 3.8) is 0 Å². The first-order chi connectivity index (χ1) is 11.7. The minimum atomic E-state index is -1.89. The summed E-state index contributed by atoms with van der Waals surface area (Å²) in [6, 6.07) is 0. The summed E-state index contributed by atoms with van der Waals surface area (Å²) < 4.78 is 0. The summed E-state index contributed by atoms with van der Waals surface area (Å²) in [5.74, 6) is 0. The van der Waals surface area contributed by atoms with Crippen LogP contribution in [0.3, 0.4) is 0 Å². The number of rotatable bonds is 2. The number of halogens is 1. The van der Waals surface area contributed by atoms with Crippen molar-refractivity contribution < 1.29 is 0 Å². The SMILES string of the molecule is CC(C)(C)[Si]([Si-](Br)[Si](C(C)(C)C)(C(C)(C)C)C(C)(C)C)(C(C)(C)C)C(C)(C)C. The molecule has 0 aromatic heterocycles. The molecule has 0 radical (unpaired) electrons. The smallest absolute Gasteiger partial charge is 0.0649 e. The Morgan fingerprint density at radius 1 is 0.357 bits per heavy atom. The Morgan fingerprint density at radius 2 is 0.464 bits per heavy atom. The van der Waals surface area contributed by atoms with Crippen molar-refractivity contribution in [2.24, 2.45) is 0 Å². The molecule has 0 aliphatic rings. The van der Waals surface area contributed by atoms with Crippen molar-refractivity contribution in [1.82, 2.24) is 0 Å². The largest absolute Gasteiger partial charge is 0.360 e. The Morgan fingerprint density at radius 3 is 0.536 bits per heavy atom. The highest BCUT2D eigenvalue weighted by molar-refractivity contribution is 9.28. The molecule has 0 amide bonds. The van der Waals surface area contributed by atoms with E-state index < -0.39 is 21.6 Å². The van der Waals surface area contributed by atoms with E-state index in [-0.39, 0.29) is 0 Å². The predicted molar refractivity (Wildman–Crippen MR) is 144 cm³/mol. The van der Waals surface area contributed by atoms with E-state index >= 15 is 0 Å². The lowest BCUT2D eigenvalue weighted by Gasteiger charge is -2.80. The first-order valence-corrected chi connectivity index (χ1v) is 20.9. The van der Waals surface area contributed by atoms with E-state index in [0.717, 1.165) is 0 Å². The van der Waals surface area contributed by atoms with E-state index in [1.54, 1.807) is 0 Å². The van der Waals surface area contributed by atoms with E-state index in [9.17, 15) is 0 Å². The van der Waals surface area contributed by atoms with Gasteiger partial charge in [-0.15, -0.1) is 0 Å². The zero-order chi connectivity index (χ0) is 23.6. The minimum absolute atomic E-state index is 0.335. The molecule has 0 aromatic carbocycles. The third kappa shape index (κ3) is 4.11. The van der Waals surface area contributed by atoms with Gasteiger partial charge in [0, 0.05) is 0 Å². The highest BCUT2D eigenvalue weighted by Gasteiger charge is 2.65. The van der Waals surface area contributed by atoms with Gasteiger partial charge in [-0.2, -0.15) is 6.45 Å². The van der Waals surface area contributed by atoms with Crippen LogP contribution in [0, 0.1) is 0 Å². The van der Waals surface area contributed by atoms with Crippen LogP contribution in [-0.2, 0) is 0 Å². The molecular weight excluding hydrogens is 452 g/mol. The highest BCUT2D eigenvalue weighted by atomic mass is 79.9. The van der Waals surface area contributed by atoms with E-state index in [4.69, 9.17) is 15.3 Å². The van der Waals surface area contributed by atoms with Crippen LogP contribution in [0.1, 0.15) is 125 Å². The van der Waals surface area contributed by atoms with Gasteiger partial charge in [0.2, 0.25) is 0 Å². The second-order valence-electron chi connectivity index (χ2n) is 15.3. The lowest BCUT2D eigenvalue weighted by molar-refractivity contribution is 0.544. The summed E-state index contributed by atoms with van der Waals surface area (Å²) in [4.78, 5) is 0. The summed E-state index contributed by atoms with van der Waals surface area (Å²) in [6.45, 7) is 45.6. The second kappa shape index (κ2) is 7.62. The van der Waals surface area contributed by atoms with Crippen molar-refractivity contribution >= 4 is 36.9 Å². The molecule has 170 valence electrons. The van der Waals surface area contributed by atoms with Gasteiger partial charge in [0.15, 0.2) is 0 Å². The van der Waals surface area contributed by atoms with Crippen LogP contribution in [-0.4, -0.2) is 21.6 Å². The van der Waals surface area contributed by atoms with Gasteiger partial charge in [0.1, 0.15) is 0 Å². The first kappa shape index (κ1) is 29.1. The third-order valence-electron chi connectivity index (χ3n) is 7.41. The van der Waals surface area contributed by atoms with E-state index in [1.807, 2.05) is 0 Å². The zero-order valence-corrected chi connectivity index (χ0v) is 27.5. The molecule has 0 unspecified atom stereocenters. The van der Waals surface area contributed by atoms with Crippen molar-refractivity contribution in [1.29, 1.82) is 0 Å². The molecule has 0 saturated heterocycles. The summed E-state index contributed by atoms with van der Waals surface area (Å²) in [7, 11) is -3.78. The minimum Gasteiger partial charge on any atom is -0.360 e. The van der Waals surface area contributed by atoms with Gasteiger partial charge in [-0.3, -0.25) is 0 Å². The van der Waals surface area contributed by atoms with Gasteiger partial charge >= 0.3 is 0 Å². The van der Waals surface area contributed by atoms with Crippen LogP contribution in [0.5, 0.6) is 0 Å². The molecule has 0 rings (SSSR count). The number of hydrogen-bond donors (Lipinski definition) is 0. The van der Waals surface area contributed by atoms with Crippen LogP contribution in [0.25, 0.3) is 0 Å². The average molecular weight is 507 g/mol. The van der Waals surface area contributed by atoms with Crippen LogP contribution in [0.4, 0.5) is 0 Å². The molecule has 0 aliphatic heterocycles. The molecule has 0 heterocycles. The van der Waals surface area contributed by atoms with Gasteiger partial charge in [-0.05, 0) is 0 Å². The van der Waals surface area contributed by atoms with Gasteiger partial charge in [0.25, 0.3) is 0 Å². The van der Waals surface area contributed by atoms with Gasteiger partial charge in [-0.25, -0.2) is 0 Å². The van der Waals surface area contributed by atoms with Crippen molar-refractivity contribution in [3.05, 3.63) is 0 Å². The quantitative estimate of drug-likeness (QED) is 0.258. The maximum atomic E-state index is 4.77. The molecule has 0 spiro atoms. The van der Waals surface area contributed by atoms with Crippen LogP contribution in [0.15, 0.2) is 0 Å². The lowest BCUT2D eigenvalue weighted by Crippen LogP contribution is -2.80. The molecule has 0 saturated carbocycles. The molecule has 0 aliphatic carbocycles. The molecule has 0 N–H and O–H groups in total. The molecule has 0 atom stereocenters. The fraction of sp³-hybridized carbons (Fsp3) is 1.00. The third-order valence-corrected chi connectivity index (χ3v) is 57.1. The normalized spacial score (nSPS) is 16.7. The van der Waals surface area contributed by atoms with Gasteiger partial charge < -0.3 is 15.3 Å². The molecule has 0 nitrogen and oxygen atoms in total. The second-order valence-corrected chi connectivity index (χ2v) is 43.7. The Balaban J connectivity index is 7.83. The maximum Gasteiger partial charge on any atom is -0.0649 e. The van der Waals surface area contributed by atoms with Crippen molar-refractivity contribution in [2.75, 3.05) is 0 Å². The summed E-state index contributed by atoms with van der Waals surface area (Å²) in [5.41, 5.74) is 0. The fourth-order valence-corrected chi connectivity index (χ4v) is 98.0. The average Bonchev–Trinajstić information content (AvgIpc) is 2.14. The molecule has 0 aromatic rings. The molecule has 4 heteroatoms. The molecule has 0 fully saturated rings. The van der Waals surface area contributed by atoms with Crippen LogP contribution >= 0.6 is 15.3 Å². The summed E-state index contributed by atoms with van der Waals surface area (Å²) >= 11 is 4.77. The standard InChI is InChI=1S/C24H54BrSi3/c1-19(2,3)27(20(4,5)6,21(7,8)9)26(25)28(22(10,11)12,23(13,14)15)24(16,17)18/h1-18H3/q-1. The van der Waals surface area contributed by atoms with Gasteiger partial charge in [-0.1, -0.05) is 170 Å². The van der Waals surface area contributed by atoms with E-state index in [2.05, 4.69) is 125 Å². The predicted octanol–water partition coefficient (Wildman–Crippen LogP) is 10.2.